The minimum Gasteiger partial charge on any atom is -0.503 e. The molecular weight excluding hydrogens is 260 g/mol. The second-order valence-electron chi connectivity index (χ2n) is 4.28. The molecule has 0 unspecified atom stereocenters. The van der Waals surface area contributed by atoms with Gasteiger partial charge >= 0.3 is 5.97 Å². The van der Waals surface area contributed by atoms with Gasteiger partial charge in [-0.3, -0.25) is 4.79 Å². The monoisotopic (exact) mass is 271 g/mol. The van der Waals surface area contributed by atoms with Crippen LogP contribution < -0.4 is 0 Å². The number of carboxylic acid groups (broad SMARTS) is 1. The Bertz CT molecular complexity index is 524. The number of aromatic hydroxyl groups is 1. The number of carboxylic acids is 1. The van der Waals surface area contributed by atoms with Crippen molar-refractivity contribution < 1.29 is 28.6 Å². The largest absolute Gasteiger partial charge is 0.503 e. The molecule has 2 N–H and O–H groups in total. The van der Waals surface area contributed by atoms with Crippen LogP contribution in [-0.2, 0) is 4.79 Å². The first-order valence-corrected chi connectivity index (χ1v) is 5.63. The molecule has 19 heavy (non-hydrogen) atoms. The van der Waals surface area contributed by atoms with E-state index >= 15 is 0 Å². The van der Waals surface area contributed by atoms with Crippen LogP contribution in [0.2, 0.25) is 0 Å². The van der Waals surface area contributed by atoms with Crippen LogP contribution in [0.25, 0.3) is 0 Å². The first-order chi connectivity index (χ1) is 8.91. The number of amides is 1. The Balaban J connectivity index is 2.32. The van der Waals surface area contributed by atoms with Gasteiger partial charge in [-0.1, -0.05) is 0 Å². The van der Waals surface area contributed by atoms with Crippen LogP contribution in [0.1, 0.15) is 23.2 Å². The quantitative estimate of drug-likeness (QED) is 0.851. The van der Waals surface area contributed by atoms with Crippen LogP contribution in [0.5, 0.6) is 5.75 Å². The molecule has 1 amide bonds. The molecule has 1 aliphatic heterocycles. The molecule has 1 saturated heterocycles. The second-order valence-corrected chi connectivity index (χ2v) is 4.28. The summed E-state index contributed by atoms with van der Waals surface area (Å²) in [6, 6.07) is 0.406. The Morgan fingerprint density at radius 3 is 2.37 bits per heavy atom. The molecule has 1 atom stereocenters. The average Bonchev–Trinajstić information content (AvgIpc) is 2.83. The van der Waals surface area contributed by atoms with Crippen LogP contribution >= 0.6 is 0 Å². The van der Waals surface area contributed by atoms with E-state index in [1.54, 1.807) is 0 Å². The lowest BCUT2D eigenvalue weighted by Crippen LogP contribution is -2.40. The van der Waals surface area contributed by atoms with E-state index < -0.39 is 35.3 Å². The Morgan fingerprint density at radius 2 is 1.84 bits per heavy atom. The van der Waals surface area contributed by atoms with Crippen molar-refractivity contribution in [2.45, 2.75) is 18.9 Å². The van der Waals surface area contributed by atoms with Crippen molar-refractivity contribution in [1.82, 2.24) is 4.90 Å². The number of carbonyl (C=O) groups is 2. The van der Waals surface area contributed by atoms with Crippen LogP contribution in [0, 0.1) is 11.6 Å². The van der Waals surface area contributed by atoms with Gasteiger partial charge in [0.1, 0.15) is 6.04 Å². The zero-order valence-corrected chi connectivity index (χ0v) is 9.77. The normalized spacial score (nSPS) is 18.6. The van der Waals surface area contributed by atoms with E-state index in [-0.39, 0.29) is 12.1 Å². The maximum absolute atomic E-state index is 13.2. The molecule has 0 radical (unpaired) electrons. The summed E-state index contributed by atoms with van der Waals surface area (Å²) < 4.78 is 26.3. The molecule has 1 aromatic carbocycles. The molecule has 1 fully saturated rings. The lowest BCUT2D eigenvalue weighted by molar-refractivity contribution is -0.141. The molecular formula is C12H11F2NO4. The van der Waals surface area contributed by atoms with Crippen molar-refractivity contribution in [1.29, 1.82) is 0 Å². The van der Waals surface area contributed by atoms with Crippen molar-refractivity contribution in [2.24, 2.45) is 0 Å². The van der Waals surface area contributed by atoms with Crippen molar-refractivity contribution in [3.63, 3.8) is 0 Å². The highest BCUT2D eigenvalue weighted by atomic mass is 19.1. The molecule has 2 rings (SSSR count). The van der Waals surface area contributed by atoms with Crippen LogP contribution in [0.15, 0.2) is 12.1 Å². The highest BCUT2D eigenvalue weighted by molar-refractivity contribution is 5.97. The first kappa shape index (κ1) is 13.3. The summed E-state index contributed by atoms with van der Waals surface area (Å²) >= 11 is 0. The molecule has 0 spiro atoms. The summed E-state index contributed by atoms with van der Waals surface area (Å²) in [5.41, 5.74) is -0.319. The molecule has 0 aliphatic carbocycles. The first-order valence-electron chi connectivity index (χ1n) is 5.63. The number of nitrogens with zero attached hydrogens (tertiary/aromatic N) is 1. The highest BCUT2D eigenvalue weighted by Gasteiger charge is 2.34. The zero-order chi connectivity index (χ0) is 14.2. The van der Waals surface area contributed by atoms with E-state index in [1.165, 1.54) is 0 Å². The predicted octanol–water partition coefficient (Wildman–Crippen LogP) is 1.36. The number of likely N-dealkylation sites (tertiary alicyclic amines) is 1. The molecule has 1 heterocycles. The number of benzene rings is 1. The number of aliphatic carboxylic acids is 1. The molecule has 102 valence electrons. The Labute approximate surface area is 107 Å². The Kier molecular flexibility index (Phi) is 3.37. The third kappa shape index (κ3) is 2.35. The van der Waals surface area contributed by atoms with E-state index in [0.29, 0.717) is 25.0 Å². The van der Waals surface area contributed by atoms with Gasteiger partial charge in [-0.15, -0.1) is 0 Å². The number of carbonyl (C=O) groups excluding carboxylic acids is 1. The molecule has 1 aromatic rings. The highest BCUT2D eigenvalue weighted by Crippen LogP contribution is 2.25. The van der Waals surface area contributed by atoms with Gasteiger partial charge in [-0.05, 0) is 25.0 Å². The predicted molar refractivity (Wildman–Crippen MR) is 59.7 cm³/mol. The summed E-state index contributed by atoms with van der Waals surface area (Å²) in [6.07, 6.45) is 0.829. The lowest BCUT2D eigenvalue weighted by atomic mass is 10.1. The zero-order valence-electron chi connectivity index (χ0n) is 9.77. The number of hydrogen-bond acceptors (Lipinski definition) is 3. The van der Waals surface area contributed by atoms with Crippen molar-refractivity contribution in [2.75, 3.05) is 6.54 Å². The molecule has 1 aliphatic rings. The summed E-state index contributed by atoms with van der Waals surface area (Å²) in [6.45, 7) is 0.222. The van der Waals surface area contributed by atoms with Crippen molar-refractivity contribution >= 4 is 11.9 Å². The number of hydrogen-bond donors (Lipinski definition) is 2. The second kappa shape index (κ2) is 4.83. The maximum atomic E-state index is 13.2. The van der Waals surface area contributed by atoms with Crippen LogP contribution in [0.3, 0.4) is 0 Å². The molecule has 0 saturated carbocycles. The molecule has 5 nitrogen and oxygen atoms in total. The fraction of sp³-hybridized carbons (Fsp3) is 0.333. The lowest BCUT2D eigenvalue weighted by Gasteiger charge is -2.21. The fourth-order valence-electron chi connectivity index (χ4n) is 2.12. The number of phenolic OH excluding ortho intramolecular Hbond substituents is 1. The number of halogens is 2. The van der Waals surface area contributed by atoms with E-state index in [4.69, 9.17) is 10.2 Å². The van der Waals surface area contributed by atoms with Gasteiger partial charge in [0.15, 0.2) is 17.4 Å². The van der Waals surface area contributed by atoms with E-state index in [0.717, 1.165) is 4.90 Å². The van der Waals surface area contributed by atoms with Gasteiger partial charge in [0, 0.05) is 12.1 Å². The third-order valence-electron chi connectivity index (χ3n) is 3.06. The van der Waals surface area contributed by atoms with E-state index in [1.807, 2.05) is 0 Å². The topological polar surface area (TPSA) is 77.8 Å². The Morgan fingerprint density at radius 1 is 1.26 bits per heavy atom. The average molecular weight is 271 g/mol. The van der Waals surface area contributed by atoms with Crippen LogP contribution in [0.4, 0.5) is 8.78 Å². The Hall–Kier alpha value is -2.18. The molecule has 0 bridgehead atoms. The third-order valence-corrected chi connectivity index (χ3v) is 3.06. The molecule has 0 aromatic heterocycles. The number of rotatable bonds is 2. The van der Waals surface area contributed by atoms with Crippen molar-refractivity contribution in [3.05, 3.63) is 29.3 Å². The smallest absolute Gasteiger partial charge is 0.326 e. The van der Waals surface area contributed by atoms with Gasteiger partial charge < -0.3 is 15.1 Å². The summed E-state index contributed by atoms with van der Waals surface area (Å²) in [5, 5.41) is 17.9. The summed E-state index contributed by atoms with van der Waals surface area (Å²) in [4.78, 5) is 24.0. The summed E-state index contributed by atoms with van der Waals surface area (Å²) in [5.74, 6) is -5.58. The van der Waals surface area contributed by atoms with Gasteiger partial charge in [-0.2, -0.15) is 0 Å². The minimum absolute atomic E-state index is 0.222. The maximum Gasteiger partial charge on any atom is 0.326 e. The SMILES string of the molecule is O=C(O)[C@H]1CCCN1C(=O)c1cc(F)c(O)c(F)c1. The van der Waals surface area contributed by atoms with E-state index in [2.05, 4.69) is 0 Å². The summed E-state index contributed by atoms with van der Waals surface area (Å²) in [7, 11) is 0. The van der Waals surface area contributed by atoms with Crippen molar-refractivity contribution in [3.8, 4) is 5.75 Å². The molecule has 7 heteroatoms. The van der Waals surface area contributed by atoms with E-state index in [9.17, 15) is 18.4 Å². The van der Waals surface area contributed by atoms with Gasteiger partial charge in [0.2, 0.25) is 0 Å². The van der Waals surface area contributed by atoms with Gasteiger partial charge in [0.05, 0.1) is 0 Å². The standard InChI is InChI=1S/C12H11F2NO4/c13-7-4-6(5-8(14)10(7)16)11(17)15-3-1-2-9(15)12(18)19/h4-5,9,16H,1-3H2,(H,18,19)/t9-/m1/s1. The fourth-order valence-corrected chi connectivity index (χ4v) is 2.12. The van der Waals surface area contributed by atoms with Crippen LogP contribution in [-0.4, -0.2) is 39.6 Å². The van der Waals surface area contributed by atoms with Gasteiger partial charge in [-0.25, -0.2) is 13.6 Å². The minimum atomic E-state index is -1.26. The number of phenols is 1. The van der Waals surface area contributed by atoms with Gasteiger partial charge in [0.25, 0.3) is 5.91 Å².